The molecular formula is C38H32Cl4N6. The topological polar surface area (TPSA) is 72.3 Å². The van der Waals surface area contributed by atoms with Crippen molar-refractivity contribution in [3.05, 3.63) is 122 Å². The fourth-order valence-corrected chi connectivity index (χ4v) is 6.62. The monoisotopic (exact) mass is 712 g/mol. The van der Waals surface area contributed by atoms with Gasteiger partial charge in [-0.3, -0.25) is 0 Å². The maximum Gasteiger partial charge on any atom is 0.111 e. The molecule has 0 atom stereocenters. The minimum absolute atomic E-state index is 0.310. The van der Waals surface area contributed by atoms with E-state index in [1.807, 2.05) is 57.9 Å². The predicted octanol–water partition coefficient (Wildman–Crippen LogP) is 11.5. The van der Waals surface area contributed by atoms with Crippen LogP contribution < -0.4 is 0 Å². The highest BCUT2D eigenvalue weighted by atomic mass is 35.5. The molecule has 48 heavy (non-hydrogen) atoms. The number of halogens is 4. The van der Waals surface area contributed by atoms with E-state index in [1.165, 1.54) is 0 Å². The van der Waals surface area contributed by atoms with Crippen molar-refractivity contribution < 1.29 is 0 Å². The van der Waals surface area contributed by atoms with Crippen LogP contribution in [0.4, 0.5) is 0 Å². The fraction of sp³-hybridized carbons (Fsp3) is 0.211. The molecule has 0 aliphatic rings. The summed E-state index contributed by atoms with van der Waals surface area (Å²) in [5.41, 5.74) is 7.29. The van der Waals surface area contributed by atoms with E-state index < -0.39 is 0 Å². The Balaban J connectivity index is 1.61. The first-order valence-electron chi connectivity index (χ1n) is 15.3. The molecule has 0 aliphatic heterocycles. The van der Waals surface area contributed by atoms with Crippen LogP contribution in [0.5, 0.6) is 0 Å². The zero-order valence-electron chi connectivity index (χ0n) is 27.3. The van der Waals surface area contributed by atoms with Crippen molar-refractivity contribution in [1.82, 2.24) is 24.5 Å². The van der Waals surface area contributed by atoms with E-state index in [0.29, 0.717) is 59.8 Å². The normalized spacial score (nSPS) is 11.9. The SMILES string of the molecule is CC(C)(C)c1cc(-c2cc(-c3ccc(C#N)cc3)cc(-c3cc(C(C)(C)C)n(-c4c(Cl)cccc4Cl)n3)n2)nn1-c1c(Cl)cccc1Cl. The minimum atomic E-state index is -0.310. The molecule has 0 spiro atoms. The van der Waals surface area contributed by atoms with Gasteiger partial charge in [-0.1, -0.05) is 112 Å². The summed E-state index contributed by atoms with van der Waals surface area (Å²) in [6, 6.07) is 28.5. The second-order valence-electron chi connectivity index (χ2n) is 13.6. The van der Waals surface area contributed by atoms with E-state index in [-0.39, 0.29) is 10.8 Å². The van der Waals surface area contributed by atoms with Crippen molar-refractivity contribution >= 4 is 46.4 Å². The molecule has 0 amide bonds. The van der Waals surface area contributed by atoms with Crippen molar-refractivity contribution in [3.63, 3.8) is 0 Å². The van der Waals surface area contributed by atoms with E-state index in [9.17, 15) is 5.26 Å². The summed E-state index contributed by atoms with van der Waals surface area (Å²) >= 11 is 26.8. The quantitative estimate of drug-likeness (QED) is 0.178. The molecule has 3 heterocycles. The van der Waals surface area contributed by atoms with Gasteiger partial charge in [-0.25, -0.2) is 14.3 Å². The molecule has 3 aromatic heterocycles. The molecule has 0 unspecified atom stereocenters. The molecule has 3 aromatic carbocycles. The molecule has 6 aromatic rings. The predicted molar refractivity (Wildman–Crippen MR) is 197 cm³/mol. The van der Waals surface area contributed by atoms with Gasteiger partial charge in [0.05, 0.1) is 54.5 Å². The second-order valence-corrected chi connectivity index (χ2v) is 15.2. The van der Waals surface area contributed by atoms with Crippen molar-refractivity contribution in [2.75, 3.05) is 0 Å². The third-order valence-electron chi connectivity index (χ3n) is 7.95. The molecular weight excluding hydrogens is 682 g/mol. The van der Waals surface area contributed by atoms with Crippen LogP contribution in [0.15, 0.2) is 84.9 Å². The van der Waals surface area contributed by atoms with Crippen LogP contribution in [-0.4, -0.2) is 24.5 Å². The third-order valence-corrected chi connectivity index (χ3v) is 9.17. The lowest BCUT2D eigenvalue weighted by atomic mass is 9.91. The number of nitriles is 1. The summed E-state index contributed by atoms with van der Waals surface area (Å²) in [6.45, 7) is 12.7. The molecule has 6 nitrogen and oxygen atoms in total. The van der Waals surface area contributed by atoms with Gasteiger partial charge in [0.2, 0.25) is 0 Å². The molecule has 0 fully saturated rings. The molecule has 0 saturated carbocycles. The van der Waals surface area contributed by atoms with Crippen molar-refractivity contribution in [2.24, 2.45) is 0 Å². The third kappa shape index (κ3) is 6.49. The highest BCUT2D eigenvalue weighted by Crippen LogP contribution is 2.39. The molecule has 0 bridgehead atoms. The summed E-state index contributed by atoms with van der Waals surface area (Å²) < 4.78 is 3.61. The Bertz CT molecular complexity index is 2040. The number of rotatable bonds is 5. The highest BCUT2D eigenvalue weighted by Gasteiger charge is 2.28. The largest absolute Gasteiger partial charge is 0.244 e. The van der Waals surface area contributed by atoms with Crippen LogP contribution in [-0.2, 0) is 10.8 Å². The maximum atomic E-state index is 9.42. The van der Waals surface area contributed by atoms with Gasteiger partial charge < -0.3 is 0 Å². The molecule has 10 heteroatoms. The number of pyridine rings is 1. The van der Waals surface area contributed by atoms with Gasteiger partial charge in [0, 0.05) is 10.8 Å². The Kier molecular flexibility index (Phi) is 8.95. The Morgan fingerprint density at radius 2 is 0.938 bits per heavy atom. The summed E-state index contributed by atoms with van der Waals surface area (Å²) in [4.78, 5) is 5.15. The lowest BCUT2D eigenvalue weighted by Gasteiger charge is -2.21. The van der Waals surface area contributed by atoms with Gasteiger partial charge in [0.1, 0.15) is 22.8 Å². The Hall–Kier alpha value is -4.12. The molecule has 6 rings (SSSR count). The molecule has 0 radical (unpaired) electrons. The zero-order valence-corrected chi connectivity index (χ0v) is 30.3. The maximum absolute atomic E-state index is 9.42. The second kappa shape index (κ2) is 12.7. The molecule has 0 saturated heterocycles. The summed E-state index contributed by atoms with van der Waals surface area (Å²) in [5, 5.41) is 21.5. The summed E-state index contributed by atoms with van der Waals surface area (Å²) in [6.07, 6.45) is 0. The number of hydrogen-bond donors (Lipinski definition) is 0. The van der Waals surface area contributed by atoms with Gasteiger partial charge >= 0.3 is 0 Å². The van der Waals surface area contributed by atoms with Crippen LogP contribution in [0.3, 0.4) is 0 Å². The number of hydrogen-bond acceptors (Lipinski definition) is 4. The first-order chi connectivity index (χ1) is 22.7. The lowest BCUT2D eigenvalue weighted by molar-refractivity contribution is 0.544. The van der Waals surface area contributed by atoms with E-state index in [4.69, 9.17) is 61.6 Å². The van der Waals surface area contributed by atoms with Gasteiger partial charge in [0.25, 0.3) is 0 Å². The number of para-hydroxylation sites is 2. The Morgan fingerprint density at radius 1 is 0.542 bits per heavy atom. The molecule has 0 aliphatic carbocycles. The van der Waals surface area contributed by atoms with E-state index in [2.05, 4.69) is 47.6 Å². The first-order valence-corrected chi connectivity index (χ1v) is 16.8. The minimum Gasteiger partial charge on any atom is -0.244 e. The molecule has 0 N–H and O–H groups in total. The van der Waals surface area contributed by atoms with Gasteiger partial charge in [-0.05, 0) is 71.8 Å². The van der Waals surface area contributed by atoms with Crippen LogP contribution in [0.25, 0.3) is 45.3 Å². The van der Waals surface area contributed by atoms with Gasteiger partial charge in [-0.2, -0.15) is 15.5 Å². The molecule has 242 valence electrons. The average Bonchev–Trinajstić information content (AvgIpc) is 3.67. The van der Waals surface area contributed by atoms with E-state index in [0.717, 1.165) is 22.5 Å². The fourth-order valence-electron chi connectivity index (χ4n) is 5.50. The van der Waals surface area contributed by atoms with Crippen LogP contribution in [0.1, 0.15) is 58.5 Å². The van der Waals surface area contributed by atoms with Gasteiger partial charge in [0.15, 0.2) is 0 Å². The van der Waals surface area contributed by atoms with Crippen LogP contribution >= 0.6 is 46.4 Å². The standard InChI is InChI=1S/C38H32Cl4N6/c1-37(2,3)33-19-31(45-47(33)35-25(39)9-7-10-26(35)40)29-17-24(23-15-13-22(21-43)14-16-23)18-30(44-29)32-20-34(38(4,5)6)48(46-32)36-27(41)11-8-12-28(36)42/h7-20H,1-6H3. The van der Waals surface area contributed by atoms with Crippen LogP contribution in [0, 0.1) is 11.3 Å². The van der Waals surface area contributed by atoms with Crippen molar-refractivity contribution in [3.8, 4) is 51.3 Å². The van der Waals surface area contributed by atoms with Crippen molar-refractivity contribution in [2.45, 2.75) is 52.4 Å². The number of benzene rings is 3. The summed E-state index contributed by atoms with van der Waals surface area (Å²) in [7, 11) is 0. The number of nitrogens with zero attached hydrogens (tertiary/aromatic N) is 6. The number of aromatic nitrogens is 5. The smallest absolute Gasteiger partial charge is 0.111 e. The zero-order chi connectivity index (χ0) is 34.5. The van der Waals surface area contributed by atoms with E-state index >= 15 is 0 Å². The summed E-state index contributed by atoms with van der Waals surface area (Å²) in [5.74, 6) is 0. The van der Waals surface area contributed by atoms with Crippen LogP contribution in [0.2, 0.25) is 20.1 Å². The Morgan fingerprint density at radius 3 is 1.29 bits per heavy atom. The first kappa shape index (κ1) is 33.8. The van der Waals surface area contributed by atoms with Gasteiger partial charge in [-0.15, -0.1) is 0 Å². The Labute approximate surface area is 300 Å². The van der Waals surface area contributed by atoms with E-state index in [1.54, 1.807) is 36.4 Å². The lowest BCUT2D eigenvalue weighted by Crippen LogP contribution is -2.17. The van der Waals surface area contributed by atoms with Crippen molar-refractivity contribution in [1.29, 1.82) is 5.26 Å². The highest BCUT2D eigenvalue weighted by molar-refractivity contribution is 6.38. The average molecular weight is 715 g/mol.